The van der Waals surface area contributed by atoms with Crippen molar-refractivity contribution in [2.75, 3.05) is 14.2 Å². The largest absolute Gasteiger partial charge is 0.493 e. The number of benzene rings is 1. The van der Waals surface area contributed by atoms with Crippen molar-refractivity contribution >= 4 is 0 Å². The second kappa shape index (κ2) is 6.00. The number of methoxy groups -OCH3 is 2. The zero-order valence-corrected chi connectivity index (χ0v) is 13.1. The SMILES string of the molecule is COc1ccc(-c2nc(-c3cccnc3)n(O)c2C)cc1OC. The molecule has 1 N–H and O–H groups in total. The minimum atomic E-state index is 0.445. The van der Waals surface area contributed by atoms with Crippen LogP contribution in [0, 0.1) is 6.92 Å². The maximum absolute atomic E-state index is 10.3. The van der Waals surface area contributed by atoms with Crippen LogP contribution in [-0.2, 0) is 0 Å². The lowest BCUT2D eigenvalue weighted by atomic mass is 10.1. The van der Waals surface area contributed by atoms with Gasteiger partial charge in [-0.1, -0.05) is 0 Å². The van der Waals surface area contributed by atoms with Gasteiger partial charge in [0.25, 0.3) is 0 Å². The molecule has 0 spiro atoms. The average Bonchev–Trinajstić information content (AvgIpc) is 2.90. The van der Waals surface area contributed by atoms with E-state index in [0.29, 0.717) is 28.7 Å². The molecule has 1 aromatic carbocycles. The molecular weight excluding hydrogens is 294 g/mol. The van der Waals surface area contributed by atoms with Gasteiger partial charge in [-0.3, -0.25) is 4.98 Å². The van der Waals surface area contributed by atoms with E-state index in [2.05, 4.69) is 9.97 Å². The quantitative estimate of drug-likeness (QED) is 0.749. The van der Waals surface area contributed by atoms with Crippen LogP contribution in [-0.4, -0.2) is 34.1 Å². The third-order valence-corrected chi connectivity index (χ3v) is 3.66. The van der Waals surface area contributed by atoms with E-state index in [1.807, 2.05) is 24.3 Å². The lowest BCUT2D eigenvalue weighted by Crippen LogP contribution is -1.96. The Labute approximate surface area is 133 Å². The summed E-state index contributed by atoms with van der Waals surface area (Å²) in [7, 11) is 3.17. The third-order valence-electron chi connectivity index (χ3n) is 3.66. The van der Waals surface area contributed by atoms with E-state index in [9.17, 15) is 5.21 Å². The maximum Gasteiger partial charge on any atom is 0.177 e. The number of nitrogens with zero attached hydrogens (tertiary/aromatic N) is 3. The van der Waals surface area contributed by atoms with E-state index >= 15 is 0 Å². The number of hydrogen-bond acceptors (Lipinski definition) is 5. The number of hydrogen-bond donors (Lipinski definition) is 1. The zero-order valence-electron chi connectivity index (χ0n) is 13.1. The molecular formula is C17H17N3O3. The van der Waals surface area contributed by atoms with E-state index in [4.69, 9.17) is 9.47 Å². The van der Waals surface area contributed by atoms with Gasteiger partial charge in [-0.25, -0.2) is 4.98 Å². The fourth-order valence-corrected chi connectivity index (χ4v) is 2.43. The predicted octanol–water partition coefficient (Wildman–Crippen LogP) is 3.18. The summed E-state index contributed by atoms with van der Waals surface area (Å²) in [4.78, 5) is 8.62. The molecule has 3 rings (SSSR count). The molecule has 2 aromatic heterocycles. The van der Waals surface area contributed by atoms with Crippen molar-refractivity contribution in [3.63, 3.8) is 0 Å². The minimum absolute atomic E-state index is 0.445. The minimum Gasteiger partial charge on any atom is -0.493 e. The van der Waals surface area contributed by atoms with E-state index in [0.717, 1.165) is 15.9 Å². The highest BCUT2D eigenvalue weighted by Gasteiger charge is 2.17. The van der Waals surface area contributed by atoms with Gasteiger partial charge in [-0.15, -0.1) is 0 Å². The molecule has 2 heterocycles. The van der Waals surface area contributed by atoms with Gasteiger partial charge in [0, 0.05) is 23.5 Å². The molecule has 0 aliphatic heterocycles. The standard InChI is InChI=1S/C17H17N3O3/c1-11-16(12-6-7-14(22-2)15(9-12)23-3)19-17(20(11)21)13-5-4-8-18-10-13/h4-10,21H,1-3H3. The fourth-order valence-electron chi connectivity index (χ4n) is 2.43. The summed E-state index contributed by atoms with van der Waals surface area (Å²) in [5.41, 5.74) is 2.88. The Balaban J connectivity index is 2.11. The van der Waals surface area contributed by atoms with E-state index in [1.54, 1.807) is 39.6 Å². The highest BCUT2D eigenvalue weighted by atomic mass is 16.5. The van der Waals surface area contributed by atoms with Crippen molar-refractivity contribution in [2.24, 2.45) is 0 Å². The van der Waals surface area contributed by atoms with Gasteiger partial charge in [0.2, 0.25) is 0 Å². The smallest absolute Gasteiger partial charge is 0.177 e. The van der Waals surface area contributed by atoms with Crippen LogP contribution in [0.1, 0.15) is 5.69 Å². The van der Waals surface area contributed by atoms with Crippen molar-refractivity contribution in [3.8, 4) is 34.1 Å². The van der Waals surface area contributed by atoms with Crippen molar-refractivity contribution < 1.29 is 14.7 Å². The van der Waals surface area contributed by atoms with Gasteiger partial charge in [-0.2, -0.15) is 4.73 Å². The van der Waals surface area contributed by atoms with Gasteiger partial charge in [0.15, 0.2) is 17.3 Å². The Morgan fingerprint density at radius 3 is 2.48 bits per heavy atom. The van der Waals surface area contributed by atoms with Crippen LogP contribution in [0.5, 0.6) is 11.5 Å². The molecule has 0 atom stereocenters. The Morgan fingerprint density at radius 1 is 1.04 bits per heavy atom. The summed E-state index contributed by atoms with van der Waals surface area (Å²) in [5.74, 6) is 1.70. The molecule has 3 aromatic rings. The first-order valence-electron chi connectivity index (χ1n) is 7.07. The molecule has 23 heavy (non-hydrogen) atoms. The van der Waals surface area contributed by atoms with Gasteiger partial charge in [0.1, 0.15) is 0 Å². The third kappa shape index (κ3) is 2.59. The van der Waals surface area contributed by atoms with E-state index in [-0.39, 0.29) is 0 Å². The predicted molar refractivity (Wildman–Crippen MR) is 85.9 cm³/mol. The van der Waals surface area contributed by atoms with Crippen LogP contribution in [0.15, 0.2) is 42.7 Å². The average molecular weight is 311 g/mol. The molecule has 118 valence electrons. The Morgan fingerprint density at radius 2 is 1.83 bits per heavy atom. The molecule has 0 bridgehead atoms. The lowest BCUT2D eigenvalue weighted by molar-refractivity contribution is 0.185. The topological polar surface area (TPSA) is 69.4 Å². The van der Waals surface area contributed by atoms with Gasteiger partial charge in [-0.05, 0) is 37.3 Å². The molecule has 0 unspecified atom stereocenters. The normalized spacial score (nSPS) is 10.6. The first kappa shape index (κ1) is 14.9. The molecule has 0 aliphatic rings. The van der Waals surface area contributed by atoms with Crippen LogP contribution in [0.25, 0.3) is 22.6 Å². The summed E-state index contributed by atoms with van der Waals surface area (Å²) in [6, 6.07) is 9.17. The van der Waals surface area contributed by atoms with Crippen molar-refractivity contribution in [2.45, 2.75) is 6.92 Å². The molecule has 6 nitrogen and oxygen atoms in total. The first-order chi connectivity index (χ1) is 11.2. The number of rotatable bonds is 4. The van der Waals surface area contributed by atoms with Crippen LogP contribution < -0.4 is 9.47 Å². The molecule has 0 aliphatic carbocycles. The summed E-state index contributed by atoms with van der Waals surface area (Å²) in [5, 5.41) is 10.3. The monoisotopic (exact) mass is 311 g/mol. The summed E-state index contributed by atoms with van der Waals surface area (Å²) in [6.45, 7) is 1.80. The molecule has 0 radical (unpaired) electrons. The molecule has 0 saturated carbocycles. The van der Waals surface area contributed by atoms with Gasteiger partial charge in [0.05, 0.1) is 25.6 Å². The zero-order chi connectivity index (χ0) is 16.4. The van der Waals surface area contributed by atoms with Crippen LogP contribution in [0.3, 0.4) is 0 Å². The Bertz CT molecular complexity index is 829. The van der Waals surface area contributed by atoms with E-state index < -0.39 is 0 Å². The Hall–Kier alpha value is -3.02. The van der Waals surface area contributed by atoms with E-state index in [1.165, 1.54) is 0 Å². The lowest BCUT2D eigenvalue weighted by Gasteiger charge is -2.08. The summed E-state index contributed by atoms with van der Waals surface area (Å²) in [6.07, 6.45) is 3.34. The van der Waals surface area contributed by atoms with Gasteiger partial charge < -0.3 is 14.7 Å². The number of pyridine rings is 1. The molecule has 0 amide bonds. The maximum atomic E-state index is 10.3. The van der Waals surface area contributed by atoms with Crippen molar-refractivity contribution in [1.82, 2.24) is 14.7 Å². The van der Waals surface area contributed by atoms with Crippen LogP contribution in [0.4, 0.5) is 0 Å². The fraction of sp³-hybridized carbons (Fsp3) is 0.176. The second-order valence-electron chi connectivity index (χ2n) is 4.99. The molecule has 0 fully saturated rings. The highest BCUT2D eigenvalue weighted by molar-refractivity contribution is 5.69. The van der Waals surface area contributed by atoms with Gasteiger partial charge >= 0.3 is 0 Å². The van der Waals surface area contributed by atoms with Crippen LogP contribution >= 0.6 is 0 Å². The summed E-state index contributed by atoms with van der Waals surface area (Å²) < 4.78 is 11.6. The Kier molecular flexibility index (Phi) is 3.89. The first-order valence-corrected chi connectivity index (χ1v) is 7.07. The van der Waals surface area contributed by atoms with Crippen molar-refractivity contribution in [3.05, 3.63) is 48.4 Å². The molecule has 6 heteroatoms. The van der Waals surface area contributed by atoms with Crippen molar-refractivity contribution in [1.29, 1.82) is 0 Å². The number of aromatic nitrogens is 3. The van der Waals surface area contributed by atoms with Crippen LogP contribution in [0.2, 0.25) is 0 Å². The summed E-state index contributed by atoms with van der Waals surface area (Å²) >= 11 is 0. The number of ether oxygens (including phenoxy) is 2. The molecule has 0 saturated heterocycles. The highest BCUT2D eigenvalue weighted by Crippen LogP contribution is 2.34. The number of imidazole rings is 1. The second-order valence-corrected chi connectivity index (χ2v) is 4.99.